The third-order valence-corrected chi connectivity index (χ3v) is 5.66. The first-order valence-electron chi connectivity index (χ1n) is 11.5. The van der Waals surface area contributed by atoms with Crippen molar-refractivity contribution in [1.29, 1.82) is 0 Å². The molecule has 8 heteroatoms. The van der Waals surface area contributed by atoms with Gasteiger partial charge in [0.1, 0.15) is 5.75 Å². The summed E-state index contributed by atoms with van der Waals surface area (Å²) in [6.45, 7) is 7.20. The van der Waals surface area contributed by atoms with E-state index in [-0.39, 0.29) is 23.9 Å². The number of phenolic OH excluding ortho intramolecular Hbond substituents is 1. The molecule has 2 heterocycles. The average molecular weight is 433 g/mol. The van der Waals surface area contributed by atoms with Crippen LogP contribution >= 0.6 is 0 Å². The quantitative estimate of drug-likeness (QED) is 0.331. The lowest BCUT2D eigenvalue weighted by Crippen LogP contribution is -2.47. The second-order valence-electron chi connectivity index (χ2n) is 8.05. The number of phenols is 1. The van der Waals surface area contributed by atoms with Crippen LogP contribution in [0.1, 0.15) is 49.4 Å². The van der Waals surface area contributed by atoms with E-state index in [2.05, 4.69) is 27.4 Å². The topological polar surface area (TPSA) is 95.4 Å². The Morgan fingerprint density at radius 2 is 1.97 bits per heavy atom. The normalized spacial score (nSPS) is 20.5. The van der Waals surface area contributed by atoms with Crippen LogP contribution in [0, 0.1) is 0 Å². The molecule has 3 rings (SSSR count). The number of hydrogen-bond donors (Lipinski definition) is 3. The molecule has 31 heavy (non-hydrogen) atoms. The highest BCUT2D eigenvalue weighted by molar-refractivity contribution is 5.94. The minimum absolute atomic E-state index is 0.146. The van der Waals surface area contributed by atoms with Crippen LogP contribution in [0.3, 0.4) is 0 Å². The average Bonchev–Trinajstić information content (AvgIpc) is 2.81. The van der Waals surface area contributed by atoms with E-state index < -0.39 is 0 Å². The minimum Gasteiger partial charge on any atom is -0.508 e. The largest absolute Gasteiger partial charge is 0.508 e. The Balaban J connectivity index is 1.38. The van der Waals surface area contributed by atoms with E-state index in [0.29, 0.717) is 25.3 Å². The number of nitrogens with one attached hydrogen (secondary N) is 2. The predicted molar refractivity (Wildman–Crippen MR) is 121 cm³/mol. The van der Waals surface area contributed by atoms with Gasteiger partial charge in [0.2, 0.25) is 0 Å². The molecule has 2 aliphatic heterocycles. The van der Waals surface area contributed by atoms with Crippen LogP contribution in [0.5, 0.6) is 5.75 Å². The second-order valence-corrected chi connectivity index (χ2v) is 8.05. The van der Waals surface area contributed by atoms with E-state index in [0.717, 1.165) is 51.5 Å². The van der Waals surface area contributed by atoms with Crippen LogP contribution in [0.25, 0.3) is 0 Å². The van der Waals surface area contributed by atoms with Gasteiger partial charge < -0.3 is 30.1 Å². The van der Waals surface area contributed by atoms with Gasteiger partial charge in [-0.15, -0.1) is 0 Å². The monoisotopic (exact) mass is 432 g/mol. The fourth-order valence-electron chi connectivity index (χ4n) is 3.89. The zero-order chi connectivity index (χ0) is 21.9. The number of carbonyl (C=O) groups excluding carboxylic acids is 1. The summed E-state index contributed by atoms with van der Waals surface area (Å²) in [5.41, 5.74) is 0.523. The molecule has 0 aliphatic carbocycles. The fraction of sp³-hybridized carbons (Fsp3) is 0.652. The second kappa shape index (κ2) is 12.5. The molecule has 0 bridgehead atoms. The maximum Gasteiger partial charge on any atom is 0.251 e. The van der Waals surface area contributed by atoms with Gasteiger partial charge in [-0.25, -0.2) is 0 Å². The minimum atomic E-state index is -0.167. The van der Waals surface area contributed by atoms with E-state index >= 15 is 0 Å². The summed E-state index contributed by atoms with van der Waals surface area (Å²) in [6.07, 6.45) is 6.03. The number of piperidine rings is 1. The number of hydrogen-bond acceptors (Lipinski definition) is 5. The molecule has 0 radical (unpaired) electrons. The van der Waals surface area contributed by atoms with Gasteiger partial charge in [-0.2, -0.15) is 0 Å². The maximum absolute atomic E-state index is 12.1. The molecule has 0 aromatic heterocycles. The number of nitrogens with zero attached hydrogens (tertiary/aromatic N) is 2. The van der Waals surface area contributed by atoms with Crippen LogP contribution in [-0.4, -0.2) is 80.0 Å². The Bertz CT molecular complexity index is 696. The Morgan fingerprint density at radius 1 is 1.19 bits per heavy atom. The number of guanidine groups is 1. The number of ether oxygens (including phenoxy) is 2. The highest BCUT2D eigenvalue weighted by atomic mass is 16.5. The van der Waals surface area contributed by atoms with Gasteiger partial charge in [-0.3, -0.25) is 9.79 Å². The summed E-state index contributed by atoms with van der Waals surface area (Å²) in [5, 5.41) is 15.5. The maximum atomic E-state index is 12.1. The van der Waals surface area contributed by atoms with Crippen molar-refractivity contribution in [3.63, 3.8) is 0 Å². The summed E-state index contributed by atoms with van der Waals surface area (Å²) in [6, 6.07) is 6.22. The fourth-order valence-corrected chi connectivity index (χ4v) is 3.89. The molecule has 1 amide bonds. The van der Waals surface area contributed by atoms with E-state index in [9.17, 15) is 9.90 Å². The summed E-state index contributed by atoms with van der Waals surface area (Å²) < 4.78 is 11.9. The molecule has 2 aliphatic rings. The molecular weight excluding hydrogens is 396 g/mol. The predicted octanol–water partition coefficient (Wildman–Crippen LogP) is 2.14. The highest BCUT2D eigenvalue weighted by Crippen LogP contribution is 2.18. The molecule has 1 unspecified atom stereocenters. The van der Waals surface area contributed by atoms with Crippen LogP contribution in [0.2, 0.25) is 0 Å². The van der Waals surface area contributed by atoms with Crippen molar-refractivity contribution < 1.29 is 19.4 Å². The smallest absolute Gasteiger partial charge is 0.251 e. The molecular formula is C23H36N4O4. The van der Waals surface area contributed by atoms with Gasteiger partial charge >= 0.3 is 0 Å². The van der Waals surface area contributed by atoms with Gasteiger partial charge in [0, 0.05) is 38.3 Å². The van der Waals surface area contributed by atoms with E-state index in [1.807, 2.05) is 0 Å². The van der Waals surface area contributed by atoms with Crippen LogP contribution in [0.4, 0.5) is 0 Å². The van der Waals surface area contributed by atoms with Crippen LogP contribution in [0.15, 0.2) is 29.3 Å². The lowest BCUT2D eigenvalue weighted by Gasteiger charge is -2.35. The summed E-state index contributed by atoms with van der Waals surface area (Å²) in [7, 11) is 0. The van der Waals surface area contributed by atoms with Gasteiger partial charge in [0.15, 0.2) is 5.96 Å². The summed E-state index contributed by atoms with van der Waals surface area (Å²) >= 11 is 0. The number of rotatable bonds is 8. The molecule has 1 aromatic rings. The van der Waals surface area contributed by atoms with Crippen molar-refractivity contribution in [2.75, 3.05) is 45.9 Å². The molecule has 1 aromatic carbocycles. The van der Waals surface area contributed by atoms with E-state index in [4.69, 9.17) is 9.47 Å². The SMILES string of the molecule is CCNC(=NCCNC(=O)c1ccc(O)cc1)N1CCC(OCC2CCCCO2)CC1. The van der Waals surface area contributed by atoms with Crippen LogP contribution < -0.4 is 10.6 Å². The number of likely N-dealkylation sites (tertiary alicyclic amines) is 1. The van der Waals surface area contributed by atoms with Gasteiger partial charge in [0.05, 0.1) is 25.4 Å². The number of benzene rings is 1. The molecule has 0 saturated carbocycles. The first-order valence-corrected chi connectivity index (χ1v) is 11.5. The summed E-state index contributed by atoms with van der Waals surface area (Å²) in [5.74, 6) is 0.864. The van der Waals surface area contributed by atoms with Gasteiger partial charge in [-0.1, -0.05) is 0 Å². The first-order chi connectivity index (χ1) is 15.2. The number of carbonyl (C=O) groups is 1. The number of aromatic hydroxyl groups is 1. The first kappa shape index (κ1) is 23.3. The molecule has 8 nitrogen and oxygen atoms in total. The molecule has 1 atom stereocenters. The van der Waals surface area contributed by atoms with Crippen molar-refractivity contribution in [3.8, 4) is 5.75 Å². The number of aliphatic imine (C=N–C) groups is 1. The number of amides is 1. The van der Waals surface area contributed by atoms with Crippen molar-refractivity contribution >= 4 is 11.9 Å². The Kier molecular flexibility index (Phi) is 9.42. The third-order valence-electron chi connectivity index (χ3n) is 5.66. The van der Waals surface area contributed by atoms with Crippen molar-refractivity contribution in [3.05, 3.63) is 29.8 Å². The van der Waals surface area contributed by atoms with Gasteiger partial charge in [0.25, 0.3) is 5.91 Å². The highest BCUT2D eigenvalue weighted by Gasteiger charge is 2.23. The standard InChI is InChI=1S/C23H36N4O4/c1-2-24-23(26-13-12-25-22(29)18-6-8-19(28)9-7-18)27-14-10-20(11-15-27)31-17-21-5-3-4-16-30-21/h6-9,20-21,28H,2-5,10-17H2,1H3,(H,24,26)(H,25,29). The molecule has 0 spiro atoms. The Morgan fingerprint density at radius 3 is 2.65 bits per heavy atom. The molecule has 2 fully saturated rings. The van der Waals surface area contributed by atoms with Gasteiger partial charge in [-0.05, 0) is 63.3 Å². The summed E-state index contributed by atoms with van der Waals surface area (Å²) in [4.78, 5) is 19.1. The molecule has 172 valence electrons. The lowest BCUT2D eigenvalue weighted by atomic mass is 10.1. The third kappa shape index (κ3) is 7.70. The Hall–Kier alpha value is -2.32. The Labute approximate surface area is 185 Å². The van der Waals surface area contributed by atoms with Crippen LogP contribution in [-0.2, 0) is 9.47 Å². The lowest BCUT2D eigenvalue weighted by molar-refractivity contribution is -0.0721. The van der Waals surface area contributed by atoms with Crippen molar-refractivity contribution in [1.82, 2.24) is 15.5 Å². The van der Waals surface area contributed by atoms with Crippen molar-refractivity contribution in [2.45, 2.75) is 51.2 Å². The zero-order valence-corrected chi connectivity index (χ0v) is 18.5. The molecule has 2 saturated heterocycles. The molecule has 3 N–H and O–H groups in total. The van der Waals surface area contributed by atoms with E-state index in [1.165, 1.54) is 25.0 Å². The van der Waals surface area contributed by atoms with Crippen molar-refractivity contribution in [2.24, 2.45) is 4.99 Å². The zero-order valence-electron chi connectivity index (χ0n) is 18.5. The van der Waals surface area contributed by atoms with E-state index in [1.54, 1.807) is 12.1 Å².